The van der Waals surface area contributed by atoms with Gasteiger partial charge in [0.2, 0.25) is 0 Å². The van der Waals surface area contributed by atoms with Gasteiger partial charge in [-0.3, -0.25) is 4.79 Å². The molecule has 2 aromatic rings. The molecule has 0 aliphatic carbocycles. The molecule has 0 spiro atoms. The van der Waals surface area contributed by atoms with Crippen LogP contribution in [-0.2, 0) is 11.2 Å². The first-order valence-corrected chi connectivity index (χ1v) is 6.49. The van der Waals surface area contributed by atoms with Crippen molar-refractivity contribution in [1.29, 1.82) is 5.26 Å². The molecule has 0 aromatic heterocycles. The SMILES string of the molecule is N#Cc1ccc(OC(=O)Cc2ccc(Cl)c(Cl)c2)cc1. The standard InChI is InChI=1S/C15H9Cl2NO2/c16-13-6-3-11(7-14(13)17)8-15(19)20-12-4-1-10(9-18)2-5-12/h1-7H,8H2. The number of benzene rings is 2. The van der Waals surface area contributed by atoms with Crippen LogP contribution in [-0.4, -0.2) is 5.97 Å². The number of nitriles is 1. The van der Waals surface area contributed by atoms with E-state index < -0.39 is 5.97 Å². The van der Waals surface area contributed by atoms with Crippen molar-refractivity contribution in [3.05, 3.63) is 63.6 Å². The Hall–Kier alpha value is -2.02. The molecule has 3 nitrogen and oxygen atoms in total. The third-order valence-electron chi connectivity index (χ3n) is 2.55. The van der Waals surface area contributed by atoms with E-state index in [0.717, 1.165) is 5.56 Å². The summed E-state index contributed by atoms with van der Waals surface area (Å²) in [4.78, 5) is 11.8. The van der Waals surface area contributed by atoms with Crippen LogP contribution in [0.3, 0.4) is 0 Å². The number of carbonyl (C=O) groups excluding carboxylic acids is 1. The molecule has 0 atom stereocenters. The molecule has 100 valence electrons. The largest absolute Gasteiger partial charge is 0.426 e. The third-order valence-corrected chi connectivity index (χ3v) is 3.29. The average molecular weight is 306 g/mol. The van der Waals surface area contributed by atoms with Gasteiger partial charge in [-0.1, -0.05) is 29.3 Å². The van der Waals surface area contributed by atoms with E-state index in [2.05, 4.69) is 0 Å². The molecule has 0 radical (unpaired) electrons. The number of esters is 1. The van der Waals surface area contributed by atoms with Gasteiger partial charge in [-0.25, -0.2) is 0 Å². The number of hydrogen-bond donors (Lipinski definition) is 0. The lowest BCUT2D eigenvalue weighted by Crippen LogP contribution is -2.11. The van der Waals surface area contributed by atoms with E-state index in [1.165, 1.54) is 0 Å². The van der Waals surface area contributed by atoms with Gasteiger partial charge in [0.25, 0.3) is 0 Å². The highest BCUT2D eigenvalue weighted by Crippen LogP contribution is 2.23. The summed E-state index contributed by atoms with van der Waals surface area (Å²) >= 11 is 11.7. The summed E-state index contributed by atoms with van der Waals surface area (Å²) in [6.45, 7) is 0. The van der Waals surface area contributed by atoms with Crippen molar-refractivity contribution in [2.75, 3.05) is 0 Å². The van der Waals surface area contributed by atoms with Crippen LogP contribution in [0.5, 0.6) is 5.75 Å². The number of nitrogens with zero attached hydrogens (tertiary/aromatic N) is 1. The van der Waals surface area contributed by atoms with Crippen LogP contribution < -0.4 is 4.74 Å². The Bertz CT molecular complexity index is 675. The predicted octanol–water partition coefficient (Wildman–Crippen LogP) is 4.01. The topological polar surface area (TPSA) is 50.1 Å². The van der Waals surface area contributed by atoms with E-state index in [1.807, 2.05) is 6.07 Å². The second-order valence-corrected chi connectivity index (χ2v) is 4.85. The Morgan fingerprint density at radius 3 is 2.40 bits per heavy atom. The number of rotatable bonds is 3. The van der Waals surface area contributed by atoms with Crippen LogP contribution in [0.1, 0.15) is 11.1 Å². The van der Waals surface area contributed by atoms with Crippen molar-refractivity contribution in [1.82, 2.24) is 0 Å². The molecule has 0 saturated heterocycles. The van der Waals surface area contributed by atoms with E-state index in [4.69, 9.17) is 33.2 Å². The molecule has 0 aliphatic rings. The van der Waals surface area contributed by atoms with Gasteiger partial charge >= 0.3 is 5.97 Å². The highest BCUT2D eigenvalue weighted by molar-refractivity contribution is 6.42. The smallest absolute Gasteiger partial charge is 0.315 e. The Labute approximate surface area is 126 Å². The highest BCUT2D eigenvalue weighted by Gasteiger charge is 2.08. The van der Waals surface area contributed by atoms with Crippen LogP contribution in [0.15, 0.2) is 42.5 Å². The molecule has 2 aromatic carbocycles. The molecule has 5 heteroatoms. The summed E-state index contributed by atoms with van der Waals surface area (Å²) in [7, 11) is 0. The Kier molecular flexibility index (Phi) is 4.62. The minimum absolute atomic E-state index is 0.0941. The van der Waals surface area contributed by atoms with Gasteiger partial charge in [-0.15, -0.1) is 0 Å². The summed E-state index contributed by atoms with van der Waals surface area (Å²) in [5, 5.41) is 9.51. The van der Waals surface area contributed by atoms with Gasteiger partial charge in [0.15, 0.2) is 0 Å². The molecule has 2 rings (SSSR count). The van der Waals surface area contributed by atoms with Crippen molar-refractivity contribution in [2.45, 2.75) is 6.42 Å². The molecule has 0 heterocycles. The minimum atomic E-state index is -0.409. The monoisotopic (exact) mass is 305 g/mol. The first-order valence-electron chi connectivity index (χ1n) is 5.73. The maximum Gasteiger partial charge on any atom is 0.315 e. The molecule has 0 unspecified atom stereocenters. The molecular weight excluding hydrogens is 297 g/mol. The van der Waals surface area contributed by atoms with Crippen LogP contribution in [0.4, 0.5) is 0 Å². The van der Waals surface area contributed by atoms with Crippen LogP contribution in [0.25, 0.3) is 0 Å². The van der Waals surface area contributed by atoms with E-state index in [-0.39, 0.29) is 6.42 Å². The van der Waals surface area contributed by atoms with Crippen LogP contribution >= 0.6 is 23.2 Å². The summed E-state index contributed by atoms with van der Waals surface area (Å²) < 4.78 is 5.16. The zero-order valence-corrected chi connectivity index (χ0v) is 11.8. The molecule has 0 bridgehead atoms. The second kappa shape index (κ2) is 6.42. The quantitative estimate of drug-likeness (QED) is 0.636. The van der Waals surface area contributed by atoms with Crippen molar-refractivity contribution in [2.24, 2.45) is 0 Å². The van der Waals surface area contributed by atoms with Crippen molar-refractivity contribution >= 4 is 29.2 Å². The number of hydrogen-bond acceptors (Lipinski definition) is 3. The lowest BCUT2D eigenvalue weighted by Gasteiger charge is -2.05. The predicted molar refractivity (Wildman–Crippen MR) is 77.0 cm³/mol. The number of halogens is 2. The first kappa shape index (κ1) is 14.4. The highest BCUT2D eigenvalue weighted by atomic mass is 35.5. The third kappa shape index (κ3) is 3.74. The lowest BCUT2D eigenvalue weighted by atomic mass is 10.1. The molecule has 0 amide bonds. The fourth-order valence-corrected chi connectivity index (χ4v) is 1.90. The zero-order valence-electron chi connectivity index (χ0n) is 10.3. The van der Waals surface area contributed by atoms with Gasteiger partial charge < -0.3 is 4.74 Å². The zero-order chi connectivity index (χ0) is 14.5. The van der Waals surface area contributed by atoms with Crippen molar-refractivity contribution in [3.8, 4) is 11.8 Å². The van der Waals surface area contributed by atoms with E-state index >= 15 is 0 Å². The Morgan fingerprint density at radius 2 is 1.80 bits per heavy atom. The second-order valence-electron chi connectivity index (χ2n) is 4.04. The van der Waals surface area contributed by atoms with Crippen molar-refractivity contribution < 1.29 is 9.53 Å². The van der Waals surface area contributed by atoms with E-state index in [1.54, 1.807) is 42.5 Å². The maximum atomic E-state index is 11.8. The van der Waals surface area contributed by atoms with Gasteiger partial charge in [-0.2, -0.15) is 5.26 Å². The molecule has 0 saturated carbocycles. The lowest BCUT2D eigenvalue weighted by molar-refractivity contribution is -0.133. The summed E-state index contributed by atoms with van der Waals surface area (Å²) in [5.74, 6) is -0.0119. The number of ether oxygens (including phenoxy) is 1. The van der Waals surface area contributed by atoms with Gasteiger partial charge in [0, 0.05) is 0 Å². The van der Waals surface area contributed by atoms with Gasteiger partial charge in [0.1, 0.15) is 5.75 Å². The average Bonchev–Trinajstić information content (AvgIpc) is 2.44. The summed E-state index contributed by atoms with van der Waals surface area (Å²) in [5.41, 5.74) is 1.23. The molecule has 0 aliphatic heterocycles. The molecule has 20 heavy (non-hydrogen) atoms. The van der Waals surface area contributed by atoms with Crippen LogP contribution in [0.2, 0.25) is 10.0 Å². The summed E-state index contributed by atoms with van der Waals surface area (Å²) in [6.07, 6.45) is 0.0941. The van der Waals surface area contributed by atoms with E-state index in [0.29, 0.717) is 21.4 Å². The molecular formula is C15H9Cl2NO2. The molecule has 0 N–H and O–H groups in total. The van der Waals surface area contributed by atoms with Gasteiger partial charge in [0.05, 0.1) is 28.1 Å². The van der Waals surface area contributed by atoms with Gasteiger partial charge in [-0.05, 0) is 42.0 Å². The summed E-state index contributed by atoms with van der Waals surface area (Å²) in [6, 6.07) is 13.3. The fraction of sp³-hybridized carbons (Fsp3) is 0.0667. The first-order chi connectivity index (χ1) is 9.58. The fourth-order valence-electron chi connectivity index (χ4n) is 1.58. The molecule has 0 fully saturated rings. The van der Waals surface area contributed by atoms with Crippen LogP contribution in [0, 0.1) is 11.3 Å². The normalized spacial score (nSPS) is 9.85. The maximum absolute atomic E-state index is 11.8. The number of carbonyl (C=O) groups is 1. The van der Waals surface area contributed by atoms with Crippen molar-refractivity contribution in [3.63, 3.8) is 0 Å². The Balaban J connectivity index is 2.01. The van der Waals surface area contributed by atoms with E-state index in [9.17, 15) is 4.79 Å². The Morgan fingerprint density at radius 1 is 1.10 bits per heavy atom. The minimum Gasteiger partial charge on any atom is -0.426 e.